The van der Waals surface area contributed by atoms with Crippen LogP contribution in [0, 0.1) is 5.92 Å². The number of rotatable bonds is 5. The highest BCUT2D eigenvalue weighted by molar-refractivity contribution is 5.79. The lowest BCUT2D eigenvalue weighted by atomic mass is 10.1. The van der Waals surface area contributed by atoms with Gasteiger partial charge in [0, 0.05) is 18.4 Å². The largest absolute Gasteiger partial charge is 0.325 e. The van der Waals surface area contributed by atoms with Crippen molar-refractivity contribution in [2.75, 3.05) is 6.54 Å². The summed E-state index contributed by atoms with van der Waals surface area (Å²) in [6, 6.07) is -0.0629. The van der Waals surface area contributed by atoms with E-state index in [0.29, 0.717) is 5.70 Å². The van der Waals surface area contributed by atoms with Gasteiger partial charge in [-0.25, -0.2) is 4.79 Å². The van der Waals surface area contributed by atoms with Gasteiger partial charge in [-0.1, -0.05) is 33.3 Å². The Kier molecular flexibility index (Phi) is 4.40. The molecule has 1 rings (SSSR count). The van der Waals surface area contributed by atoms with Crippen LogP contribution in [-0.4, -0.2) is 17.5 Å². The second kappa shape index (κ2) is 5.59. The van der Waals surface area contributed by atoms with E-state index < -0.39 is 0 Å². The van der Waals surface area contributed by atoms with Crippen LogP contribution in [0.1, 0.15) is 33.1 Å². The third kappa shape index (κ3) is 4.19. The highest BCUT2D eigenvalue weighted by Gasteiger charge is 2.13. The van der Waals surface area contributed by atoms with Gasteiger partial charge in [-0.2, -0.15) is 0 Å². The van der Waals surface area contributed by atoms with Crippen molar-refractivity contribution in [2.24, 2.45) is 5.92 Å². The van der Waals surface area contributed by atoms with Gasteiger partial charge in [-0.3, -0.25) is 0 Å². The molecule has 0 fully saturated rings. The molecule has 2 amide bonds. The first-order valence-corrected chi connectivity index (χ1v) is 5.54. The Balaban J connectivity index is 2.24. The maximum atomic E-state index is 11.4. The number of carbonyl (C=O) groups is 1. The van der Waals surface area contributed by atoms with Crippen LogP contribution in [0.4, 0.5) is 4.79 Å². The van der Waals surface area contributed by atoms with E-state index in [1.54, 1.807) is 11.1 Å². The van der Waals surface area contributed by atoms with E-state index in [9.17, 15) is 4.79 Å². The second-order valence-corrected chi connectivity index (χ2v) is 4.35. The molecule has 0 unspecified atom stereocenters. The number of hydrogen-bond donors (Lipinski definition) is 1. The summed E-state index contributed by atoms with van der Waals surface area (Å²) in [4.78, 5) is 13.1. The van der Waals surface area contributed by atoms with E-state index in [4.69, 9.17) is 0 Å². The Labute approximate surface area is 91.8 Å². The zero-order valence-electron chi connectivity index (χ0n) is 9.62. The van der Waals surface area contributed by atoms with Gasteiger partial charge in [-0.05, 0) is 18.4 Å². The molecule has 1 heterocycles. The average Bonchev–Trinajstić information content (AvgIpc) is 2.14. The predicted molar refractivity (Wildman–Crippen MR) is 62.2 cm³/mol. The highest BCUT2D eigenvalue weighted by atomic mass is 16.2. The van der Waals surface area contributed by atoms with E-state index in [-0.39, 0.29) is 6.03 Å². The van der Waals surface area contributed by atoms with Gasteiger partial charge in [0.25, 0.3) is 0 Å². The summed E-state index contributed by atoms with van der Waals surface area (Å²) in [6.45, 7) is 8.91. The normalized spacial score (nSPS) is 16.1. The van der Waals surface area contributed by atoms with Crippen LogP contribution in [0.3, 0.4) is 0 Å². The SMILES string of the molecule is C=C1C=CN(CCCCC(C)C)C(=O)N1. The molecule has 0 aliphatic carbocycles. The standard InChI is InChI=1S/C12H20N2O/c1-10(2)6-4-5-8-14-9-7-11(3)13-12(14)15/h7,9-10H,3-6,8H2,1-2H3,(H,13,15). The lowest BCUT2D eigenvalue weighted by Crippen LogP contribution is -2.39. The number of unbranched alkanes of at least 4 members (excludes halogenated alkanes) is 1. The first kappa shape index (κ1) is 11.8. The fraction of sp³-hybridized carbons (Fsp3) is 0.583. The molecule has 1 aliphatic rings. The van der Waals surface area contributed by atoms with Crippen molar-refractivity contribution in [1.29, 1.82) is 0 Å². The Morgan fingerprint density at radius 3 is 2.80 bits per heavy atom. The van der Waals surface area contributed by atoms with Crippen LogP contribution in [0.2, 0.25) is 0 Å². The number of nitrogens with zero attached hydrogens (tertiary/aromatic N) is 1. The topological polar surface area (TPSA) is 32.3 Å². The van der Waals surface area contributed by atoms with Crippen molar-refractivity contribution in [2.45, 2.75) is 33.1 Å². The summed E-state index contributed by atoms with van der Waals surface area (Å²) < 4.78 is 0. The lowest BCUT2D eigenvalue weighted by molar-refractivity contribution is 0.215. The minimum Gasteiger partial charge on any atom is -0.308 e. The summed E-state index contributed by atoms with van der Waals surface area (Å²) in [5, 5.41) is 2.68. The maximum absolute atomic E-state index is 11.4. The van der Waals surface area contributed by atoms with Crippen molar-refractivity contribution in [1.82, 2.24) is 10.2 Å². The maximum Gasteiger partial charge on any atom is 0.325 e. The summed E-state index contributed by atoms with van der Waals surface area (Å²) in [6.07, 6.45) is 7.09. The Morgan fingerprint density at radius 1 is 1.47 bits per heavy atom. The van der Waals surface area contributed by atoms with Crippen molar-refractivity contribution >= 4 is 6.03 Å². The second-order valence-electron chi connectivity index (χ2n) is 4.35. The van der Waals surface area contributed by atoms with Gasteiger partial charge in [0.1, 0.15) is 0 Å². The van der Waals surface area contributed by atoms with Crippen LogP contribution < -0.4 is 5.32 Å². The number of allylic oxidation sites excluding steroid dienone is 1. The Hall–Kier alpha value is -1.25. The number of hydrogen-bond acceptors (Lipinski definition) is 1. The van der Waals surface area contributed by atoms with E-state index in [0.717, 1.165) is 18.9 Å². The third-order valence-corrected chi connectivity index (χ3v) is 2.41. The molecule has 0 aromatic carbocycles. The number of nitrogens with one attached hydrogen (secondary N) is 1. The quantitative estimate of drug-likeness (QED) is 0.692. The molecular weight excluding hydrogens is 188 g/mol. The fourth-order valence-electron chi connectivity index (χ4n) is 1.51. The number of carbonyl (C=O) groups excluding carboxylic acids is 1. The molecule has 84 valence electrons. The minimum absolute atomic E-state index is 0.0629. The van der Waals surface area contributed by atoms with Gasteiger partial charge < -0.3 is 10.2 Å². The lowest BCUT2D eigenvalue weighted by Gasteiger charge is -2.23. The van der Waals surface area contributed by atoms with E-state index in [2.05, 4.69) is 25.7 Å². The molecule has 3 heteroatoms. The zero-order chi connectivity index (χ0) is 11.3. The van der Waals surface area contributed by atoms with Gasteiger partial charge in [-0.15, -0.1) is 0 Å². The van der Waals surface area contributed by atoms with Crippen molar-refractivity contribution in [3.05, 3.63) is 24.6 Å². The highest BCUT2D eigenvalue weighted by Crippen LogP contribution is 2.09. The van der Waals surface area contributed by atoms with E-state index >= 15 is 0 Å². The fourth-order valence-corrected chi connectivity index (χ4v) is 1.51. The van der Waals surface area contributed by atoms with Crippen LogP contribution in [0.25, 0.3) is 0 Å². The van der Waals surface area contributed by atoms with Crippen LogP contribution in [0.15, 0.2) is 24.6 Å². The van der Waals surface area contributed by atoms with Gasteiger partial charge in [0.05, 0.1) is 0 Å². The zero-order valence-corrected chi connectivity index (χ0v) is 9.62. The number of urea groups is 1. The molecule has 1 N–H and O–H groups in total. The number of amides is 2. The molecule has 0 aromatic rings. The van der Waals surface area contributed by atoms with Crippen molar-refractivity contribution < 1.29 is 4.79 Å². The molecule has 0 radical (unpaired) electrons. The average molecular weight is 208 g/mol. The van der Waals surface area contributed by atoms with Crippen molar-refractivity contribution in [3.63, 3.8) is 0 Å². The molecule has 0 saturated carbocycles. The Morgan fingerprint density at radius 2 is 2.20 bits per heavy atom. The molecular formula is C12H20N2O. The first-order chi connectivity index (χ1) is 7.09. The molecule has 0 aromatic heterocycles. The smallest absolute Gasteiger partial charge is 0.308 e. The van der Waals surface area contributed by atoms with Gasteiger partial charge >= 0.3 is 6.03 Å². The summed E-state index contributed by atoms with van der Waals surface area (Å²) in [5.74, 6) is 0.746. The molecule has 15 heavy (non-hydrogen) atoms. The van der Waals surface area contributed by atoms with Crippen molar-refractivity contribution in [3.8, 4) is 0 Å². The predicted octanol–water partition coefficient (Wildman–Crippen LogP) is 2.87. The summed E-state index contributed by atoms with van der Waals surface area (Å²) in [7, 11) is 0. The molecule has 0 spiro atoms. The van der Waals surface area contributed by atoms with Crippen LogP contribution >= 0.6 is 0 Å². The monoisotopic (exact) mass is 208 g/mol. The van der Waals surface area contributed by atoms with Gasteiger partial charge in [0.2, 0.25) is 0 Å². The molecule has 0 saturated heterocycles. The van der Waals surface area contributed by atoms with Gasteiger partial charge in [0.15, 0.2) is 0 Å². The first-order valence-electron chi connectivity index (χ1n) is 5.54. The summed E-state index contributed by atoms with van der Waals surface area (Å²) in [5.41, 5.74) is 0.665. The van der Waals surface area contributed by atoms with E-state index in [1.807, 2.05) is 6.08 Å². The van der Waals surface area contributed by atoms with E-state index in [1.165, 1.54) is 12.8 Å². The molecule has 1 aliphatic heterocycles. The third-order valence-electron chi connectivity index (χ3n) is 2.41. The molecule has 0 bridgehead atoms. The molecule has 0 atom stereocenters. The Bertz CT molecular complexity index is 269. The summed E-state index contributed by atoms with van der Waals surface area (Å²) >= 11 is 0. The minimum atomic E-state index is -0.0629. The molecule has 3 nitrogen and oxygen atoms in total. The van der Waals surface area contributed by atoms with Crippen LogP contribution in [0.5, 0.6) is 0 Å². The van der Waals surface area contributed by atoms with Crippen LogP contribution in [-0.2, 0) is 0 Å².